The number of hydrogen-bond acceptors (Lipinski definition) is 2. The smallest absolute Gasteiger partial charge is 0.227 e. The summed E-state index contributed by atoms with van der Waals surface area (Å²) in [6, 6.07) is 21.0. The fourth-order valence-corrected chi connectivity index (χ4v) is 4.73. The number of para-hydroxylation sites is 1. The van der Waals surface area contributed by atoms with Crippen molar-refractivity contribution in [3.8, 4) is 11.3 Å². The third kappa shape index (κ3) is 2.37. The number of fused-ring (bicyclic) bond motifs is 3. The molecular formula is C20H19NOSi. The van der Waals surface area contributed by atoms with Crippen molar-refractivity contribution in [2.75, 3.05) is 0 Å². The van der Waals surface area contributed by atoms with Crippen molar-refractivity contribution in [1.82, 2.24) is 4.98 Å². The average Bonchev–Trinajstić information content (AvgIpc) is 2.91. The Balaban J connectivity index is 1.96. The molecule has 0 radical (unpaired) electrons. The Kier molecular flexibility index (Phi) is 3.13. The van der Waals surface area contributed by atoms with Crippen molar-refractivity contribution < 1.29 is 4.42 Å². The number of furan rings is 1. The monoisotopic (exact) mass is 317 g/mol. The van der Waals surface area contributed by atoms with E-state index in [1.807, 2.05) is 18.2 Å². The van der Waals surface area contributed by atoms with Gasteiger partial charge < -0.3 is 4.42 Å². The van der Waals surface area contributed by atoms with Crippen LogP contribution in [0.25, 0.3) is 33.3 Å². The van der Waals surface area contributed by atoms with E-state index in [2.05, 4.69) is 62.1 Å². The zero-order valence-electron chi connectivity index (χ0n) is 13.6. The molecule has 0 saturated heterocycles. The quantitative estimate of drug-likeness (QED) is 0.475. The summed E-state index contributed by atoms with van der Waals surface area (Å²) in [5, 5.41) is 3.64. The van der Waals surface area contributed by atoms with Crippen molar-refractivity contribution in [3.63, 3.8) is 0 Å². The molecule has 0 amide bonds. The van der Waals surface area contributed by atoms with Crippen LogP contribution >= 0.6 is 0 Å². The minimum Gasteiger partial charge on any atom is -0.438 e. The van der Waals surface area contributed by atoms with Crippen LogP contribution in [-0.2, 0) is 0 Å². The molecule has 0 unspecified atom stereocenters. The molecule has 114 valence electrons. The van der Waals surface area contributed by atoms with Gasteiger partial charge in [-0.1, -0.05) is 67.3 Å². The SMILES string of the molecule is C[Si](C)(C)c1ccccc1-c1ccc2c(n1)oc1ccccc12. The first-order chi connectivity index (χ1) is 11.0. The Morgan fingerprint density at radius 2 is 1.52 bits per heavy atom. The molecule has 2 nitrogen and oxygen atoms in total. The second-order valence-corrected chi connectivity index (χ2v) is 12.0. The third-order valence-corrected chi connectivity index (χ3v) is 6.31. The Bertz CT molecular complexity index is 1010. The summed E-state index contributed by atoms with van der Waals surface area (Å²) >= 11 is 0. The highest BCUT2D eigenvalue weighted by molar-refractivity contribution is 6.89. The molecule has 4 aromatic rings. The molecule has 0 bridgehead atoms. The number of pyridine rings is 1. The molecule has 0 spiro atoms. The first-order valence-corrected chi connectivity index (χ1v) is 11.4. The zero-order chi connectivity index (χ0) is 16.0. The normalized spacial score (nSPS) is 12.1. The van der Waals surface area contributed by atoms with E-state index in [9.17, 15) is 0 Å². The van der Waals surface area contributed by atoms with Crippen molar-refractivity contribution in [2.45, 2.75) is 19.6 Å². The standard InChI is InChI=1S/C20H19NOSi/c1-23(2,3)19-11-7-5-9-16(19)17-13-12-15-14-8-4-6-10-18(14)22-20(15)21-17/h4-13H,1-3H3. The minimum absolute atomic E-state index is 0.717. The van der Waals surface area contributed by atoms with E-state index >= 15 is 0 Å². The molecule has 2 aromatic heterocycles. The van der Waals surface area contributed by atoms with Crippen LogP contribution in [0.2, 0.25) is 19.6 Å². The second kappa shape index (κ2) is 5.07. The van der Waals surface area contributed by atoms with E-state index in [0.29, 0.717) is 5.71 Å². The van der Waals surface area contributed by atoms with E-state index in [1.54, 1.807) is 0 Å². The number of aromatic nitrogens is 1. The van der Waals surface area contributed by atoms with Gasteiger partial charge in [0.15, 0.2) is 0 Å². The number of benzene rings is 2. The maximum atomic E-state index is 5.94. The predicted octanol–water partition coefficient (Wildman–Crippen LogP) is 5.19. The molecule has 0 fully saturated rings. The highest BCUT2D eigenvalue weighted by atomic mass is 28.3. The topological polar surface area (TPSA) is 26.0 Å². The van der Waals surface area contributed by atoms with Crippen LogP contribution in [0.5, 0.6) is 0 Å². The Labute approximate surface area is 136 Å². The largest absolute Gasteiger partial charge is 0.438 e. The zero-order valence-corrected chi connectivity index (χ0v) is 14.6. The molecule has 0 saturated carbocycles. The van der Waals surface area contributed by atoms with Gasteiger partial charge in [0, 0.05) is 10.8 Å². The number of rotatable bonds is 2. The summed E-state index contributed by atoms with van der Waals surface area (Å²) < 4.78 is 5.94. The average molecular weight is 317 g/mol. The van der Waals surface area contributed by atoms with Crippen LogP contribution in [-0.4, -0.2) is 13.1 Å². The van der Waals surface area contributed by atoms with Gasteiger partial charge in [-0.25, -0.2) is 4.98 Å². The molecule has 0 aliphatic heterocycles. The molecule has 2 aromatic carbocycles. The maximum Gasteiger partial charge on any atom is 0.227 e. The molecule has 0 aliphatic rings. The van der Waals surface area contributed by atoms with Gasteiger partial charge in [0.2, 0.25) is 5.71 Å². The van der Waals surface area contributed by atoms with Gasteiger partial charge in [-0.3, -0.25) is 0 Å². The van der Waals surface area contributed by atoms with E-state index in [-0.39, 0.29) is 0 Å². The highest BCUT2D eigenvalue weighted by Gasteiger charge is 2.21. The van der Waals surface area contributed by atoms with E-state index in [4.69, 9.17) is 9.40 Å². The van der Waals surface area contributed by atoms with Gasteiger partial charge in [0.25, 0.3) is 0 Å². The third-order valence-electron chi connectivity index (χ3n) is 4.26. The van der Waals surface area contributed by atoms with Gasteiger partial charge in [0.1, 0.15) is 5.58 Å². The molecule has 0 atom stereocenters. The Morgan fingerprint density at radius 1 is 0.783 bits per heavy atom. The van der Waals surface area contributed by atoms with E-state index in [0.717, 1.165) is 22.0 Å². The minimum atomic E-state index is -1.43. The molecule has 2 heterocycles. The summed E-state index contributed by atoms with van der Waals surface area (Å²) in [7, 11) is -1.43. The highest BCUT2D eigenvalue weighted by Crippen LogP contribution is 2.29. The molecule has 23 heavy (non-hydrogen) atoms. The van der Waals surface area contributed by atoms with Crippen molar-refractivity contribution >= 4 is 35.3 Å². The molecule has 0 aliphatic carbocycles. The lowest BCUT2D eigenvalue weighted by molar-refractivity contribution is 0.654. The fourth-order valence-electron chi connectivity index (χ4n) is 3.12. The number of nitrogens with zero attached hydrogens (tertiary/aromatic N) is 1. The molecular weight excluding hydrogens is 298 g/mol. The maximum absolute atomic E-state index is 5.94. The van der Waals surface area contributed by atoms with Crippen LogP contribution < -0.4 is 5.19 Å². The fraction of sp³-hybridized carbons (Fsp3) is 0.150. The summed E-state index contributed by atoms with van der Waals surface area (Å²) in [4.78, 5) is 4.81. The van der Waals surface area contributed by atoms with Crippen LogP contribution in [0.4, 0.5) is 0 Å². The van der Waals surface area contributed by atoms with E-state index in [1.165, 1.54) is 10.8 Å². The summed E-state index contributed by atoms with van der Waals surface area (Å²) in [5.41, 5.74) is 3.84. The predicted molar refractivity (Wildman–Crippen MR) is 99.9 cm³/mol. The van der Waals surface area contributed by atoms with Crippen LogP contribution in [0.1, 0.15) is 0 Å². The van der Waals surface area contributed by atoms with Crippen LogP contribution in [0, 0.1) is 0 Å². The lowest BCUT2D eigenvalue weighted by Gasteiger charge is -2.20. The van der Waals surface area contributed by atoms with Crippen molar-refractivity contribution in [2.24, 2.45) is 0 Å². The van der Waals surface area contributed by atoms with Gasteiger partial charge in [0.05, 0.1) is 13.8 Å². The molecule has 3 heteroatoms. The summed E-state index contributed by atoms with van der Waals surface area (Å²) in [6.45, 7) is 7.10. The van der Waals surface area contributed by atoms with E-state index < -0.39 is 8.07 Å². The lowest BCUT2D eigenvalue weighted by atomic mass is 10.1. The lowest BCUT2D eigenvalue weighted by Crippen LogP contribution is -2.38. The van der Waals surface area contributed by atoms with Gasteiger partial charge in [-0.15, -0.1) is 0 Å². The first kappa shape index (κ1) is 14.2. The molecule has 4 rings (SSSR count). The Morgan fingerprint density at radius 3 is 2.35 bits per heavy atom. The summed E-state index contributed by atoms with van der Waals surface area (Å²) in [5.74, 6) is 0. The second-order valence-electron chi connectivity index (χ2n) is 6.94. The van der Waals surface area contributed by atoms with Crippen molar-refractivity contribution in [1.29, 1.82) is 0 Å². The van der Waals surface area contributed by atoms with Gasteiger partial charge in [-0.2, -0.15) is 0 Å². The van der Waals surface area contributed by atoms with Crippen LogP contribution in [0.3, 0.4) is 0 Å². The van der Waals surface area contributed by atoms with Crippen LogP contribution in [0.15, 0.2) is 65.1 Å². The molecule has 0 N–H and O–H groups in total. The first-order valence-electron chi connectivity index (χ1n) is 7.92. The summed E-state index contributed by atoms with van der Waals surface area (Å²) in [6.07, 6.45) is 0. The number of hydrogen-bond donors (Lipinski definition) is 0. The Hall–Kier alpha value is -2.39. The van der Waals surface area contributed by atoms with Gasteiger partial charge >= 0.3 is 0 Å². The van der Waals surface area contributed by atoms with Crippen molar-refractivity contribution in [3.05, 3.63) is 60.7 Å². The van der Waals surface area contributed by atoms with Gasteiger partial charge in [-0.05, 0) is 23.8 Å².